The molecule has 0 aliphatic heterocycles. The predicted octanol–water partition coefficient (Wildman–Crippen LogP) is 3.26. The van der Waals surface area contributed by atoms with E-state index in [9.17, 15) is 9.90 Å². The summed E-state index contributed by atoms with van der Waals surface area (Å²) in [7, 11) is 0. The average Bonchev–Trinajstić information content (AvgIpc) is 2.44. The van der Waals surface area contributed by atoms with Crippen LogP contribution in [-0.2, 0) is 4.79 Å². The van der Waals surface area contributed by atoms with Crippen LogP contribution in [0.25, 0.3) is 0 Å². The molecule has 1 unspecified atom stereocenters. The van der Waals surface area contributed by atoms with Crippen molar-refractivity contribution in [2.24, 2.45) is 0 Å². The molecule has 0 aliphatic rings. The van der Waals surface area contributed by atoms with Crippen LogP contribution in [0.5, 0.6) is 0 Å². The number of aliphatic hydroxyl groups is 1. The maximum Gasteiger partial charge on any atom is 0.304 e. The summed E-state index contributed by atoms with van der Waals surface area (Å²) in [4.78, 5) is 12.7. The van der Waals surface area contributed by atoms with Crippen molar-refractivity contribution in [3.8, 4) is 0 Å². The molecule has 4 nitrogen and oxygen atoms in total. The summed E-state index contributed by atoms with van der Waals surface area (Å²) in [6.45, 7) is 6.03. The number of benzene rings is 1. The van der Waals surface area contributed by atoms with Crippen molar-refractivity contribution in [3.63, 3.8) is 0 Å². The highest BCUT2D eigenvalue weighted by molar-refractivity contribution is 6.31. The molecule has 0 amide bonds. The molecule has 2 N–H and O–H groups in total. The van der Waals surface area contributed by atoms with Gasteiger partial charge in [0.2, 0.25) is 0 Å². The Labute approximate surface area is 131 Å². The highest BCUT2D eigenvalue weighted by atomic mass is 35.5. The summed E-state index contributed by atoms with van der Waals surface area (Å²) in [6.07, 6.45) is 1.14. The van der Waals surface area contributed by atoms with E-state index in [0.29, 0.717) is 24.5 Å². The van der Waals surface area contributed by atoms with Gasteiger partial charge in [0, 0.05) is 18.1 Å². The van der Waals surface area contributed by atoms with Crippen molar-refractivity contribution in [3.05, 3.63) is 34.3 Å². The fourth-order valence-corrected chi connectivity index (χ4v) is 2.37. The lowest BCUT2D eigenvalue weighted by molar-refractivity contribution is -0.137. The highest BCUT2D eigenvalue weighted by Crippen LogP contribution is 2.23. The molecule has 1 atom stereocenters. The van der Waals surface area contributed by atoms with Crippen molar-refractivity contribution >= 4 is 17.6 Å². The van der Waals surface area contributed by atoms with E-state index in [1.807, 2.05) is 19.1 Å². The Morgan fingerprint density at radius 3 is 2.62 bits per heavy atom. The smallest absolute Gasteiger partial charge is 0.304 e. The number of carboxylic acid groups (broad SMARTS) is 1. The number of nitrogens with zero attached hydrogens (tertiary/aromatic N) is 1. The number of carbonyl (C=O) groups is 1. The van der Waals surface area contributed by atoms with Crippen LogP contribution in [0, 0.1) is 6.92 Å². The van der Waals surface area contributed by atoms with Crippen LogP contribution < -0.4 is 0 Å². The van der Waals surface area contributed by atoms with Crippen LogP contribution in [0.15, 0.2) is 18.2 Å². The fraction of sp³-hybridized carbons (Fsp3) is 0.562. The third-order valence-electron chi connectivity index (χ3n) is 3.47. The van der Waals surface area contributed by atoms with Crippen molar-refractivity contribution in [1.82, 2.24) is 4.90 Å². The van der Waals surface area contributed by atoms with Crippen molar-refractivity contribution in [1.29, 1.82) is 0 Å². The van der Waals surface area contributed by atoms with Gasteiger partial charge in [-0.05, 0) is 43.5 Å². The first-order chi connectivity index (χ1) is 9.93. The molecule has 5 heteroatoms. The monoisotopic (exact) mass is 313 g/mol. The number of aryl methyl sites for hydroxylation is 1. The van der Waals surface area contributed by atoms with Gasteiger partial charge in [-0.15, -0.1) is 0 Å². The molecule has 1 aromatic carbocycles. The second-order valence-corrected chi connectivity index (χ2v) is 5.71. The molecule has 118 valence electrons. The molecule has 1 rings (SSSR count). The minimum Gasteiger partial charge on any atom is -0.481 e. The van der Waals surface area contributed by atoms with Gasteiger partial charge in [0.05, 0.1) is 12.5 Å². The maximum atomic E-state index is 10.6. The summed E-state index contributed by atoms with van der Waals surface area (Å²) in [5.74, 6) is -0.787. The fourth-order valence-electron chi connectivity index (χ4n) is 2.25. The van der Waals surface area contributed by atoms with Gasteiger partial charge in [0.1, 0.15) is 0 Å². The van der Waals surface area contributed by atoms with Gasteiger partial charge in [-0.2, -0.15) is 0 Å². The lowest BCUT2D eigenvalue weighted by Gasteiger charge is -2.22. The Hall–Kier alpha value is -1.10. The molecular weight excluding hydrogens is 290 g/mol. The van der Waals surface area contributed by atoms with Gasteiger partial charge in [-0.25, -0.2) is 0 Å². The van der Waals surface area contributed by atoms with E-state index in [-0.39, 0.29) is 6.42 Å². The zero-order chi connectivity index (χ0) is 15.8. The maximum absolute atomic E-state index is 10.6. The van der Waals surface area contributed by atoms with E-state index in [0.717, 1.165) is 24.1 Å². The predicted molar refractivity (Wildman–Crippen MR) is 84.7 cm³/mol. The molecule has 0 saturated carbocycles. The third kappa shape index (κ3) is 6.46. The van der Waals surface area contributed by atoms with Crippen LogP contribution >= 0.6 is 11.6 Å². The summed E-state index contributed by atoms with van der Waals surface area (Å²) in [5.41, 5.74) is 1.80. The normalized spacial score (nSPS) is 12.6. The summed E-state index contributed by atoms with van der Waals surface area (Å²) in [5, 5.41) is 19.7. The van der Waals surface area contributed by atoms with E-state index in [2.05, 4.69) is 11.8 Å². The molecule has 0 saturated heterocycles. The summed E-state index contributed by atoms with van der Waals surface area (Å²) >= 11 is 5.98. The molecular formula is C16H24ClNO3. The Balaban J connectivity index is 2.53. The van der Waals surface area contributed by atoms with E-state index in [1.54, 1.807) is 6.07 Å². The third-order valence-corrected chi connectivity index (χ3v) is 3.89. The highest BCUT2D eigenvalue weighted by Gasteiger charge is 2.12. The van der Waals surface area contributed by atoms with Crippen molar-refractivity contribution in [2.75, 3.05) is 19.6 Å². The first kappa shape index (κ1) is 18.0. The number of halogens is 1. The van der Waals surface area contributed by atoms with Crippen molar-refractivity contribution in [2.45, 2.75) is 39.2 Å². The minimum absolute atomic E-state index is 0.135. The Bertz CT molecular complexity index is 465. The molecule has 0 heterocycles. The average molecular weight is 314 g/mol. The van der Waals surface area contributed by atoms with Gasteiger partial charge in [-0.3, -0.25) is 4.79 Å². The van der Waals surface area contributed by atoms with Crippen molar-refractivity contribution < 1.29 is 15.0 Å². The van der Waals surface area contributed by atoms with Gasteiger partial charge >= 0.3 is 5.97 Å². The van der Waals surface area contributed by atoms with Gasteiger partial charge < -0.3 is 15.1 Å². The lowest BCUT2D eigenvalue weighted by atomic mass is 10.0. The quantitative estimate of drug-likeness (QED) is 0.734. The Morgan fingerprint density at radius 2 is 2.05 bits per heavy atom. The summed E-state index contributed by atoms with van der Waals surface area (Å²) in [6, 6.07) is 5.53. The molecule has 0 aliphatic carbocycles. The first-order valence-corrected chi connectivity index (χ1v) is 7.70. The number of hydrogen-bond acceptors (Lipinski definition) is 3. The standard InChI is InChI=1S/C16H24ClNO3/c1-3-8-18(10-7-16(20)21)9-6-15(19)13-4-5-14(17)12(2)11-13/h4-5,11,15,19H,3,6-10H2,1-2H3,(H,20,21). The van der Waals surface area contributed by atoms with Crippen LogP contribution in [0.1, 0.15) is 43.4 Å². The van der Waals surface area contributed by atoms with Crippen LogP contribution in [0.3, 0.4) is 0 Å². The van der Waals surface area contributed by atoms with Gasteiger partial charge in [0.15, 0.2) is 0 Å². The number of carboxylic acids is 1. The second kappa shape index (κ2) is 9.03. The zero-order valence-electron chi connectivity index (χ0n) is 12.7. The molecule has 0 bridgehead atoms. The lowest BCUT2D eigenvalue weighted by Crippen LogP contribution is -2.29. The number of rotatable bonds is 9. The number of aliphatic carboxylic acids is 1. The molecule has 0 radical (unpaired) electrons. The topological polar surface area (TPSA) is 60.8 Å². The molecule has 0 aromatic heterocycles. The van der Waals surface area contributed by atoms with Crippen LogP contribution in [0.2, 0.25) is 5.02 Å². The van der Waals surface area contributed by atoms with E-state index in [4.69, 9.17) is 16.7 Å². The molecule has 21 heavy (non-hydrogen) atoms. The summed E-state index contributed by atoms with van der Waals surface area (Å²) < 4.78 is 0. The van der Waals surface area contributed by atoms with Gasteiger partial charge in [-0.1, -0.05) is 30.7 Å². The van der Waals surface area contributed by atoms with Crippen LogP contribution in [-0.4, -0.2) is 40.7 Å². The van der Waals surface area contributed by atoms with E-state index in [1.165, 1.54) is 0 Å². The first-order valence-electron chi connectivity index (χ1n) is 7.32. The number of aliphatic hydroxyl groups excluding tert-OH is 1. The largest absolute Gasteiger partial charge is 0.481 e. The minimum atomic E-state index is -0.787. The molecule has 1 aromatic rings. The van der Waals surface area contributed by atoms with Gasteiger partial charge in [0.25, 0.3) is 0 Å². The van der Waals surface area contributed by atoms with E-state index < -0.39 is 12.1 Å². The SMILES string of the molecule is CCCN(CCC(=O)O)CCC(O)c1ccc(Cl)c(C)c1. The molecule has 0 spiro atoms. The zero-order valence-corrected chi connectivity index (χ0v) is 13.4. The number of hydrogen-bond donors (Lipinski definition) is 2. The Morgan fingerprint density at radius 1 is 1.33 bits per heavy atom. The second-order valence-electron chi connectivity index (χ2n) is 5.30. The molecule has 0 fully saturated rings. The Kier molecular flexibility index (Phi) is 7.72. The van der Waals surface area contributed by atoms with E-state index >= 15 is 0 Å². The van der Waals surface area contributed by atoms with Crippen LogP contribution in [0.4, 0.5) is 0 Å².